The van der Waals surface area contributed by atoms with E-state index in [1.165, 1.54) is 47.1 Å². The molecule has 0 fully saturated rings. The van der Waals surface area contributed by atoms with E-state index in [0.717, 1.165) is 6.42 Å². The van der Waals surface area contributed by atoms with E-state index in [9.17, 15) is 0 Å². The molecule has 86 valence electrons. The Kier molecular flexibility index (Phi) is 2.72. The topological polar surface area (TPSA) is 0 Å². The van der Waals surface area contributed by atoms with Crippen LogP contribution in [0.5, 0.6) is 0 Å². The van der Waals surface area contributed by atoms with Gasteiger partial charge in [-0.25, -0.2) is 0 Å². The van der Waals surface area contributed by atoms with Crippen LogP contribution in [-0.2, 0) is 12.8 Å². The maximum absolute atomic E-state index is 2.41. The van der Waals surface area contributed by atoms with Crippen LogP contribution in [0.4, 0.5) is 0 Å². The van der Waals surface area contributed by atoms with Crippen molar-refractivity contribution in [3.05, 3.63) is 59.2 Å². The molecule has 0 nitrogen and oxygen atoms in total. The van der Waals surface area contributed by atoms with E-state index in [1.54, 1.807) is 0 Å². The summed E-state index contributed by atoms with van der Waals surface area (Å²) in [6, 6.07) is 15.8. The molecule has 0 aromatic heterocycles. The third kappa shape index (κ3) is 1.88. The molecule has 0 saturated carbocycles. The molecule has 0 saturated heterocycles. The van der Waals surface area contributed by atoms with Gasteiger partial charge < -0.3 is 0 Å². The zero-order valence-electron chi connectivity index (χ0n) is 10.4. The van der Waals surface area contributed by atoms with Crippen LogP contribution in [-0.4, -0.2) is 0 Å². The minimum absolute atomic E-state index is 1.12. The Hall–Kier alpha value is -1.56. The lowest BCUT2D eigenvalue weighted by molar-refractivity contribution is 0.794. The van der Waals surface area contributed by atoms with Crippen LogP contribution in [0.15, 0.2) is 42.5 Å². The van der Waals surface area contributed by atoms with Crippen molar-refractivity contribution in [2.75, 3.05) is 0 Å². The molecule has 0 aliphatic heterocycles. The van der Waals surface area contributed by atoms with Crippen molar-refractivity contribution < 1.29 is 0 Å². The van der Waals surface area contributed by atoms with Gasteiger partial charge in [0.2, 0.25) is 0 Å². The van der Waals surface area contributed by atoms with Crippen molar-refractivity contribution in [2.24, 2.45) is 0 Å². The number of unbranched alkanes of at least 4 members (excludes halogenated alkanes) is 1. The molecule has 0 spiro atoms. The standard InChI is InChI=1S/C17H18/c1-2-3-6-13-9-10-17-15(11-13)12-14-7-4-5-8-16(14)17/h4-5,7-11H,2-3,6,12H2,1H3. The first-order valence-corrected chi connectivity index (χ1v) is 6.58. The molecule has 1 aliphatic rings. The molecule has 0 amide bonds. The second-order valence-corrected chi connectivity index (χ2v) is 4.93. The number of benzene rings is 2. The van der Waals surface area contributed by atoms with E-state index in [2.05, 4.69) is 49.4 Å². The highest BCUT2D eigenvalue weighted by Gasteiger charge is 2.17. The summed E-state index contributed by atoms with van der Waals surface area (Å²) in [4.78, 5) is 0. The Morgan fingerprint density at radius 2 is 1.76 bits per heavy atom. The van der Waals surface area contributed by atoms with Crippen molar-refractivity contribution >= 4 is 0 Å². The van der Waals surface area contributed by atoms with Crippen molar-refractivity contribution in [3.63, 3.8) is 0 Å². The lowest BCUT2D eigenvalue weighted by atomic mass is 10.0. The van der Waals surface area contributed by atoms with Gasteiger partial charge in [-0.3, -0.25) is 0 Å². The predicted octanol–water partition coefficient (Wildman–Crippen LogP) is 4.60. The fraction of sp³-hybridized carbons (Fsp3) is 0.294. The van der Waals surface area contributed by atoms with E-state index in [0.29, 0.717) is 0 Å². The molecular formula is C17H18. The fourth-order valence-electron chi connectivity index (χ4n) is 2.73. The molecule has 0 heterocycles. The van der Waals surface area contributed by atoms with E-state index in [1.807, 2.05) is 0 Å². The molecule has 0 radical (unpaired) electrons. The third-order valence-corrected chi connectivity index (χ3v) is 3.68. The molecule has 0 atom stereocenters. The van der Waals surface area contributed by atoms with Gasteiger partial charge in [-0.15, -0.1) is 0 Å². The van der Waals surface area contributed by atoms with Crippen LogP contribution < -0.4 is 0 Å². The molecule has 17 heavy (non-hydrogen) atoms. The summed E-state index contributed by atoms with van der Waals surface area (Å²) in [5.74, 6) is 0. The fourth-order valence-corrected chi connectivity index (χ4v) is 2.73. The Morgan fingerprint density at radius 1 is 0.941 bits per heavy atom. The number of aryl methyl sites for hydroxylation is 1. The van der Waals surface area contributed by atoms with Crippen LogP contribution in [0.1, 0.15) is 36.5 Å². The lowest BCUT2D eigenvalue weighted by Gasteiger charge is -2.04. The van der Waals surface area contributed by atoms with Gasteiger partial charge in [-0.2, -0.15) is 0 Å². The van der Waals surface area contributed by atoms with Gasteiger partial charge in [-0.1, -0.05) is 55.8 Å². The Labute approximate surface area is 103 Å². The summed E-state index contributed by atoms with van der Waals surface area (Å²) in [5.41, 5.74) is 7.37. The molecule has 0 N–H and O–H groups in total. The van der Waals surface area contributed by atoms with Crippen molar-refractivity contribution in [2.45, 2.75) is 32.6 Å². The maximum atomic E-state index is 2.41. The Balaban J connectivity index is 1.95. The van der Waals surface area contributed by atoms with Gasteiger partial charge in [0, 0.05) is 0 Å². The quantitative estimate of drug-likeness (QED) is 0.607. The maximum Gasteiger partial charge on any atom is -0.00134 e. The molecule has 2 aromatic rings. The van der Waals surface area contributed by atoms with Gasteiger partial charge in [0.05, 0.1) is 0 Å². The summed E-state index contributed by atoms with van der Waals surface area (Å²) < 4.78 is 0. The summed E-state index contributed by atoms with van der Waals surface area (Å²) in [5, 5.41) is 0. The highest BCUT2D eigenvalue weighted by molar-refractivity contribution is 5.76. The van der Waals surface area contributed by atoms with E-state index in [4.69, 9.17) is 0 Å². The molecule has 1 aliphatic carbocycles. The van der Waals surface area contributed by atoms with Gasteiger partial charge >= 0.3 is 0 Å². The first-order chi connectivity index (χ1) is 8.38. The monoisotopic (exact) mass is 222 g/mol. The van der Waals surface area contributed by atoms with E-state index in [-0.39, 0.29) is 0 Å². The first-order valence-electron chi connectivity index (χ1n) is 6.58. The molecule has 2 aromatic carbocycles. The third-order valence-electron chi connectivity index (χ3n) is 3.68. The van der Waals surface area contributed by atoms with Crippen LogP contribution in [0.2, 0.25) is 0 Å². The summed E-state index contributed by atoms with van der Waals surface area (Å²) >= 11 is 0. The summed E-state index contributed by atoms with van der Waals surface area (Å²) in [6.07, 6.45) is 4.91. The van der Waals surface area contributed by atoms with Crippen LogP contribution in [0.25, 0.3) is 11.1 Å². The van der Waals surface area contributed by atoms with Crippen molar-refractivity contribution in [1.29, 1.82) is 0 Å². The van der Waals surface area contributed by atoms with Crippen molar-refractivity contribution in [1.82, 2.24) is 0 Å². The first kappa shape index (κ1) is 10.6. The zero-order valence-corrected chi connectivity index (χ0v) is 10.4. The zero-order chi connectivity index (χ0) is 11.7. The second kappa shape index (κ2) is 4.37. The van der Waals surface area contributed by atoms with Crippen LogP contribution in [0, 0.1) is 0 Å². The lowest BCUT2D eigenvalue weighted by Crippen LogP contribution is -1.87. The van der Waals surface area contributed by atoms with E-state index >= 15 is 0 Å². The minimum Gasteiger partial charge on any atom is -0.0654 e. The number of fused-ring (bicyclic) bond motifs is 3. The molecule has 0 heteroatoms. The molecule has 0 bridgehead atoms. The molecule has 3 rings (SSSR count). The normalized spacial score (nSPS) is 12.3. The second-order valence-electron chi connectivity index (χ2n) is 4.93. The molecule has 0 unspecified atom stereocenters. The summed E-state index contributed by atoms with van der Waals surface area (Å²) in [7, 11) is 0. The smallest absolute Gasteiger partial charge is 0.00134 e. The van der Waals surface area contributed by atoms with Crippen LogP contribution >= 0.6 is 0 Å². The molecular weight excluding hydrogens is 204 g/mol. The average molecular weight is 222 g/mol. The number of rotatable bonds is 3. The SMILES string of the molecule is CCCCc1ccc2c(c1)Cc1ccccc1-2. The minimum atomic E-state index is 1.12. The van der Waals surface area contributed by atoms with Crippen molar-refractivity contribution in [3.8, 4) is 11.1 Å². The highest BCUT2D eigenvalue weighted by atomic mass is 14.2. The Bertz CT molecular complexity index is 537. The van der Waals surface area contributed by atoms with Gasteiger partial charge in [-0.05, 0) is 47.1 Å². The summed E-state index contributed by atoms with van der Waals surface area (Å²) in [6.45, 7) is 2.25. The van der Waals surface area contributed by atoms with Gasteiger partial charge in [0.15, 0.2) is 0 Å². The van der Waals surface area contributed by atoms with Gasteiger partial charge in [0.25, 0.3) is 0 Å². The highest BCUT2D eigenvalue weighted by Crippen LogP contribution is 2.36. The largest absolute Gasteiger partial charge is 0.0654 e. The van der Waals surface area contributed by atoms with Crippen LogP contribution in [0.3, 0.4) is 0 Å². The Morgan fingerprint density at radius 3 is 2.65 bits per heavy atom. The predicted molar refractivity (Wildman–Crippen MR) is 73.3 cm³/mol. The average Bonchev–Trinajstić information content (AvgIpc) is 2.74. The van der Waals surface area contributed by atoms with E-state index < -0.39 is 0 Å². The number of hydrogen-bond acceptors (Lipinski definition) is 0. The van der Waals surface area contributed by atoms with Gasteiger partial charge in [0.1, 0.15) is 0 Å². The number of hydrogen-bond donors (Lipinski definition) is 0.